The summed E-state index contributed by atoms with van der Waals surface area (Å²) in [4.78, 5) is 10.7. The highest BCUT2D eigenvalue weighted by molar-refractivity contribution is 7.98. The maximum absolute atomic E-state index is 10.7. The molecule has 0 saturated carbocycles. The molecule has 15 heavy (non-hydrogen) atoms. The zero-order chi connectivity index (χ0) is 11.3. The predicted molar refractivity (Wildman–Crippen MR) is 60.2 cm³/mol. The largest absolute Gasteiger partial charge is 0.478 e. The topological polar surface area (TPSA) is 76.5 Å². The van der Waals surface area contributed by atoms with E-state index in [1.54, 1.807) is 24.8 Å². The monoisotopic (exact) mass is 229 g/mol. The summed E-state index contributed by atoms with van der Waals surface area (Å²) in [5.41, 5.74) is 5.62. The molecular weight excluding hydrogens is 214 g/mol. The van der Waals surface area contributed by atoms with Crippen molar-refractivity contribution >= 4 is 17.7 Å². The molecule has 5 heteroatoms. The molecule has 1 heterocycles. The molecule has 0 spiro atoms. The highest BCUT2D eigenvalue weighted by Gasteiger charge is 2.13. The standard InChI is InChI=1S/C10H15NO3S/c1-7-9(10(12)13)5-8(14-7)6-15-4-2-3-11/h5H,2-4,6,11H2,1H3,(H,12,13). The molecule has 84 valence electrons. The summed E-state index contributed by atoms with van der Waals surface area (Å²) in [6, 6.07) is 1.59. The van der Waals surface area contributed by atoms with Crippen molar-refractivity contribution in [1.29, 1.82) is 0 Å². The van der Waals surface area contributed by atoms with Crippen molar-refractivity contribution in [3.8, 4) is 0 Å². The Kier molecular flexibility index (Phi) is 4.71. The quantitative estimate of drug-likeness (QED) is 0.728. The minimum Gasteiger partial charge on any atom is -0.478 e. The fourth-order valence-electron chi connectivity index (χ4n) is 1.19. The lowest BCUT2D eigenvalue weighted by Gasteiger charge is -1.96. The van der Waals surface area contributed by atoms with Gasteiger partial charge in [0.2, 0.25) is 0 Å². The Morgan fingerprint density at radius 3 is 2.93 bits per heavy atom. The van der Waals surface area contributed by atoms with Gasteiger partial charge in [-0.3, -0.25) is 0 Å². The maximum atomic E-state index is 10.7. The average Bonchev–Trinajstić information content (AvgIpc) is 2.55. The number of hydrogen-bond donors (Lipinski definition) is 2. The van der Waals surface area contributed by atoms with Crippen LogP contribution in [0, 0.1) is 6.92 Å². The molecule has 1 rings (SSSR count). The van der Waals surface area contributed by atoms with Gasteiger partial charge in [0.15, 0.2) is 0 Å². The van der Waals surface area contributed by atoms with E-state index in [0.717, 1.165) is 12.2 Å². The highest BCUT2D eigenvalue weighted by Crippen LogP contribution is 2.19. The molecule has 0 aliphatic rings. The Hall–Kier alpha value is -0.940. The summed E-state index contributed by atoms with van der Waals surface area (Å²) in [7, 11) is 0. The van der Waals surface area contributed by atoms with E-state index in [9.17, 15) is 4.79 Å². The van der Waals surface area contributed by atoms with Gasteiger partial charge in [0, 0.05) is 0 Å². The number of rotatable bonds is 6. The minimum atomic E-state index is -0.936. The molecule has 0 radical (unpaired) electrons. The van der Waals surface area contributed by atoms with Crippen LogP contribution in [0.25, 0.3) is 0 Å². The molecular formula is C10H15NO3S. The Labute approximate surface area is 92.8 Å². The fourth-order valence-corrected chi connectivity index (χ4v) is 2.04. The molecule has 0 saturated heterocycles. The van der Waals surface area contributed by atoms with Gasteiger partial charge in [-0.05, 0) is 31.7 Å². The molecule has 0 bridgehead atoms. The second-order valence-corrected chi connectivity index (χ2v) is 4.29. The molecule has 1 aromatic rings. The molecule has 0 aliphatic carbocycles. The number of nitrogens with two attached hydrogens (primary N) is 1. The van der Waals surface area contributed by atoms with Crippen molar-refractivity contribution < 1.29 is 14.3 Å². The van der Waals surface area contributed by atoms with Crippen LogP contribution in [0.15, 0.2) is 10.5 Å². The first-order valence-corrected chi connectivity index (χ1v) is 5.91. The summed E-state index contributed by atoms with van der Waals surface area (Å²) in [6.45, 7) is 2.35. The second-order valence-electron chi connectivity index (χ2n) is 3.18. The zero-order valence-corrected chi connectivity index (χ0v) is 9.47. The van der Waals surface area contributed by atoms with Crippen LogP contribution in [-0.4, -0.2) is 23.4 Å². The van der Waals surface area contributed by atoms with Crippen molar-refractivity contribution in [1.82, 2.24) is 0 Å². The lowest BCUT2D eigenvalue weighted by Crippen LogP contribution is -1.99. The lowest BCUT2D eigenvalue weighted by molar-refractivity contribution is 0.0695. The Morgan fingerprint density at radius 2 is 2.40 bits per heavy atom. The number of carboxylic acids is 1. The number of aryl methyl sites for hydroxylation is 1. The average molecular weight is 229 g/mol. The molecule has 0 unspecified atom stereocenters. The number of carbonyl (C=O) groups is 1. The first-order valence-electron chi connectivity index (χ1n) is 4.75. The maximum Gasteiger partial charge on any atom is 0.339 e. The Balaban J connectivity index is 2.48. The van der Waals surface area contributed by atoms with E-state index < -0.39 is 5.97 Å². The van der Waals surface area contributed by atoms with Crippen LogP contribution in [0.3, 0.4) is 0 Å². The van der Waals surface area contributed by atoms with Crippen LogP contribution in [-0.2, 0) is 5.75 Å². The van der Waals surface area contributed by atoms with Gasteiger partial charge < -0.3 is 15.3 Å². The van der Waals surface area contributed by atoms with Crippen molar-refractivity contribution in [3.05, 3.63) is 23.2 Å². The molecule has 1 aromatic heterocycles. The SMILES string of the molecule is Cc1oc(CSCCCN)cc1C(=O)O. The van der Waals surface area contributed by atoms with Gasteiger partial charge in [-0.25, -0.2) is 4.79 Å². The van der Waals surface area contributed by atoms with E-state index in [1.165, 1.54) is 0 Å². The van der Waals surface area contributed by atoms with E-state index in [1.807, 2.05) is 0 Å². The van der Waals surface area contributed by atoms with Crippen LogP contribution < -0.4 is 5.73 Å². The van der Waals surface area contributed by atoms with E-state index >= 15 is 0 Å². The summed E-state index contributed by atoms with van der Waals surface area (Å²) in [5, 5.41) is 8.81. The molecule has 0 fully saturated rings. The normalized spacial score (nSPS) is 10.5. The number of hydrogen-bond acceptors (Lipinski definition) is 4. The third kappa shape index (κ3) is 3.60. The first kappa shape index (κ1) is 12.1. The van der Waals surface area contributed by atoms with Crippen LogP contribution in [0.2, 0.25) is 0 Å². The number of carboxylic acid groups (broad SMARTS) is 1. The molecule has 0 aliphatic heterocycles. The fraction of sp³-hybridized carbons (Fsp3) is 0.500. The van der Waals surface area contributed by atoms with Gasteiger partial charge in [0.05, 0.1) is 5.75 Å². The van der Waals surface area contributed by atoms with Crippen LogP contribution in [0.5, 0.6) is 0 Å². The summed E-state index contributed by atoms with van der Waals surface area (Å²) in [5.74, 6) is 1.92. The minimum absolute atomic E-state index is 0.254. The molecule has 0 atom stereocenters. The molecule has 0 amide bonds. The summed E-state index contributed by atoms with van der Waals surface area (Å²) in [6.07, 6.45) is 0.968. The van der Waals surface area contributed by atoms with Crippen molar-refractivity contribution in [2.75, 3.05) is 12.3 Å². The lowest BCUT2D eigenvalue weighted by atomic mass is 10.2. The van der Waals surface area contributed by atoms with Crippen LogP contribution in [0.1, 0.15) is 28.3 Å². The van der Waals surface area contributed by atoms with Crippen molar-refractivity contribution in [3.63, 3.8) is 0 Å². The third-order valence-electron chi connectivity index (χ3n) is 1.94. The number of furan rings is 1. The second kappa shape index (κ2) is 5.82. The van der Waals surface area contributed by atoms with Gasteiger partial charge in [0.25, 0.3) is 0 Å². The number of thioether (sulfide) groups is 1. The molecule has 0 aromatic carbocycles. The summed E-state index contributed by atoms with van der Waals surface area (Å²) < 4.78 is 5.32. The van der Waals surface area contributed by atoms with Gasteiger partial charge in [0.1, 0.15) is 17.1 Å². The van der Waals surface area contributed by atoms with Crippen molar-refractivity contribution in [2.45, 2.75) is 19.1 Å². The molecule has 4 nitrogen and oxygen atoms in total. The van der Waals surface area contributed by atoms with Crippen LogP contribution >= 0.6 is 11.8 Å². The van der Waals surface area contributed by atoms with Crippen molar-refractivity contribution in [2.24, 2.45) is 5.73 Å². The first-order chi connectivity index (χ1) is 7.15. The number of aromatic carboxylic acids is 1. The smallest absolute Gasteiger partial charge is 0.339 e. The Bertz CT molecular complexity index is 335. The Morgan fingerprint density at radius 1 is 1.67 bits per heavy atom. The van der Waals surface area contributed by atoms with E-state index in [2.05, 4.69) is 0 Å². The van der Waals surface area contributed by atoms with Gasteiger partial charge in [-0.15, -0.1) is 0 Å². The van der Waals surface area contributed by atoms with E-state index in [0.29, 0.717) is 23.8 Å². The zero-order valence-electron chi connectivity index (χ0n) is 8.66. The predicted octanol–water partition coefficient (Wildman–Crippen LogP) is 1.87. The third-order valence-corrected chi connectivity index (χ3v) is 3.00. The molecule has 3 N–H and O–H groups in total. The highest BCUT2D eigenvalue weighted by atomic mass is 32.2. The van der Waals surface area contributed by atoms with Gasteiger partial charge >= 0.3 is 5.97 Å². The summed E-state index contributed by atoms with van der Waals surface area (Å²) >= 11 is 1.70. The van der Waals surface area contributed by atoms with Gasteiger partial charge in [-0.2, -0.15) is 11.8 Å². The van der Waals surface area contributed by atoms with E-state index in [4.69, 9.17) is 15.3 Å². The van der Waals surface area contributed by atoms with Gasteiger partial charge in [-0.1, -0.05) is 0 Å². The van der Waals surface area contributed by atoms with Crippen LogP contribution in [0.4, 0.5) is 0 Å². The van der Waals surface area contributed by atoms with E-state index in [-0.39, 0.29) is 5.56 Å².